The largest absolute Gasteiger partial charge is 0.314 e. The highest BCUT2D eigenvalue weighted by molar-refractivity contribution is 9.10. The molecule has 1 aliphatic rings. The lowest BCUT2D eigenvalue weighted by Crippen LogP contribution is -2.46. The lowest BCUT2D eigenvalue weighted by molar-refractivity contribution is 0.361. The second-order valence-electron chi connectivity index (χ2n) is 4.75. The minimum absolute atomic E-state index is 0.0351. The van der Waals surface area contributed by atoms with E-state index in [0.717, 1.165) is 19.4 Å². The second-order valence-corrected chi connectivity index (χ2v) is 7.63. The quantitative estimate of drug-likeness (QED) is 0.863. The van der Waals surface area contributed by atoms with Crippen molar-refractivity contribution in [2.24, 2.45) is 0 Å². The first-order chi connectivity index (χ1) is 8.90. The minimum atomic E-state index is -3.55. The topological polar surface area (TPSA) is 58.2 Å². The van der Waals surface area contributed by atoms with Crippen molar-refractivity contribution >= 4 is 37.6 Å². The third-order valence-corrected chi connectivity index (χ3v) is 6.37. The minimum Gasteiger partial charge on any atom is -0.314 e. The van der Waals surface area contributed by atoms with Crippen LogP contribution in [0.5, 0.6) is 0 Å². The summed E-state index contributed by atoms with van der Waals surface area (Å²) in [7, 11) is -3.55. The SMILES string of the molecule is CC1CC(NS(=O)(=O)c2cccc(Cl)c2Br)CCN1. The van der Waals surface area contributed by atoms with Crippen LogP contribution in [0.25, 0.3) is 0 Å². The number of sulfonamides is 1. The van der Waals surface area contributed by atoms with Crippen LogP contribution >= 0.6 is 27.5 Å². The first-order valence-electron chi connectivity index (χ1n) is 6.10. The molecule has 0 aromatic heterocycles. The zero-order valence-electron chi connectivity index (χ0n) is 10.5. The van der Waals surface area contributed by atoms with E-state index >= 15 is 0 Å². The smallest absolute Gasteiger partial charge is 0.241 e. The normalized spacial score (nSPS) is 24.4. The molecule has 7 heteroatoms. The molecule has 0 amide bonds. The molecule has 4 nitrogen and oxygen atoms in total. The van der Waals surface area contributed by atoms with Gasteiger partial charge >= 0.3 is 0 Å². The number of hydrogen-bond acceptors (Lipinski definition) is 3. The molecule has 2 rings (SSSR count). The molecule has 0 radical (unpaired) electrons. The van der Waals surface area contributed by atoms with Crippen LogP contribution in [0.15, 0.2) is 27.6 Å². The lowest BCUT2D eigenvalue weighted by atomic mass is 10.0. The lowest BCUT2D eigenvalue weighted by Gasteiger charge is -2.28. The van der Waals surface area contributed by atoms with Crippen LogP contribution in [0, 0.1) is 0 Å². The van der Waals surface area contributed by atoms with Gasteiger partial charge in [-0.3, -0.25) is 0 Å². The number of benzene rings is 1. The maximum absolute atomic E-state index is 12.4. The molecule has 0 aliphatic carbocycles. The highest BCUT2D eigenvalue weighted by atomic mass is 79.9. The van der Waals surface area contributed by atoms with Crippen LogP contribution in [-0.2, 0) is 10.0 Å². The first kappa shape index (κ1) is 15.3. The van der Waals surface area contributed by atoms with E-state index in [2.05, 4.69) is 32.9 Å². The number of halogens is 2. The molecule has 1 fully saturated rings. The number of nitrogens with one attached hydrogen (secondary N) is 2. The van der Waals surface area contributed by atoms with Gasteiger partial charge in [-0.2, -0.15) is 0 Å². The Hall–Kier alpha value is -0.140. The van der Waals surface area contributed by atoms with Crippen LogP contribution < -0.4 is 10.0 Å². The Morgan fingerprint density at radius 3 is 2.89 bits per heavy atom. The Bertz CT molecular complexity index is 565. The maximum atomic E-state index is 12.4. The van der Waals surface area contributed by atoms with Crippen LogP contribution in [-0.4, -0.2) is 27.0 Å². The van der Waals surface area contributed by atoms with Crippen molar-refractivity contribution in [2.45, 2.75) is 36.7 Å². The summed E-state index contributed by atoms with van der Waals surface area (Å²) in [5, 5.41) is 3.68. The maximum Gasteiger partial charge on any atom is 0.241 e. The summed E-state index contributed by atoms with van der Waals surface area (Å²) in [4.78, 5) is 0.186. The van der Waals surface area contributed by atoms with Gasteiger partial charge in [0, 0.05) is 12.1 Å². The summed E-state index contributed by atoms with van der Waals surface area (Å²) in [6.07, 6.45) is 1.58. The van der Waals surface area contributed by atoms with E-state index in [4.69, 9.17) is 11.6 Å². The van der Waals surface area contributed by atoms with Gasteiger partial charge in [0.05, 0.1) is 14.4 Å². The van der Waals surface area contributed by atoms with Gasteiger partial charge in [-0.1, -0.05) is 17.7 Å². The van der Waals surface area contributed by atoms with E-state index in [1.807, 2.05) is 0 Å². The molecule has 1 aromatic carbocycles. The first-order valence-corrected chi connectivity index (χ1v) is 8.75. The zero-order valence-corrected chi connectivity index (χ0v) is 13.6. The fraction of sp³-hybridized carbons (Fsp3) is 0.500. The molecule has 106 valence electrons. The molecule has 1 aromatic rings. The highest BCUT2D eigenvalue weighted by Gasteiger charge is 2.26. The van der Waals surface area contributed by atoms with Gasteiger partial charge in [0.1, 0.15) is 0 Å². The van der Waals surface area contributed by atoms with Crippen molar-refractivity contribution in [3.63, 3.8) is 0 Å². The van der Waals surface area contributed by atoms with E-state index in [0.29, 0.717) is 15.5 Å². The molecule has 2 unspecified atom stereocenters. The van der Waals surface area contributed by atoms with Crippen LogP contribution in [0.3, 0.4) is 0 Å². The van der Waals surface area contributed by atoms with E-state index in [9.17, 15) is 8.42 Å². The van der Waals surface area contributed by atoms with E-state index < -0.39 is 10.0 Å². The Morgan fingerprint density at radius 2 is 2.21 bits per heavy atom. The third-order valence-electron chi connectivity index (χ3n) is 3.15. The van der Waals surface area contributed by atoms with Crippen LogP contribution in [0.4, 0.5) is 0 Å². The van der Waals surface area contributed by atoms with Gasteiger partial charge in [0.2, 0.25) is 10.0 Å². The molecule has 1 saturated heterocycles. The Morgan fingerprint density at radius 1 is 1.47 bits per heavy atom. The molecule has 1 heterocycles. The zero-order chi connectivity index (χ0) is 14.0. The van der Waals surface area contributed by atoms with Crippen molar-refractivity contribution in [1.29, 1.82) is 0 Å². The standard InChI is InChI=1S/C12H16BrClN2O2S/c1-8-7-9(5-6-15-8)16-19(17,18)11-4-2-3-10(14)12(11)13/h2-4,8-9,15-16H,5-7H2,1H3. The van der Waals surface area contributed by atoms with Gasteiger partial charge < -0.3 is 5.32 Å². The summed E-state index contributed by atoms with van der Waals surface area (Å²) >= 11 is 9.17. The summed E-state index contributed by atoms with van der Waals surface area (Å²) in [6.45, 7) is 2.88. The predicted molar refractivity (Wildman–Crippen MR) is 80.0 cm³/mol. The van der Waals surface area contributed by atoms with Gasteiger partial charge in [0.25, 0.3) is 0 Å². The van der Waals surface area contributed by atoms with E-state index in [1.54, 1.807) is 18.2 Å². The highest BCUT2D eigenvalue weighted by Crippen LogP contribution is 2.29. The molecular weight excluding hydrogens is 352 g/mol. The second kappa shape index (κ2) is 6.10. The fourth-order valence-electron chi connectivity index (χ4n) is 2.21. The van der Waals surface area contributed by atoms with E-state index in [-0.39, 0.29) is 10.9 Å². The molecule has 0 bridgehead atoms. The number of hydrogen-bond donors (Lipinski definition) is 2. The molecule has 2 atom stereocenters. The molecule has 19 heavy (non-hydrogen) atoms. The van der Waals surface area contributed by atoms with Crippen molar-refractivity contribution < 1.29 is 8.42 Å². The average molecular weight is 368 g/mol. The van der Waals surface area contributed by atoms with Crippen molar-refractivity contribution in [3.05, 3.63) is 27.7 Å². The molecule has 0 spiro atoms. The van der Waals surface area contributed by atoms with Crippen molar-refractivity contribution in [2.75, 3.05) is 6.54 Å². The van der Waals surface area contributed by atoms with Crippen molar-refractivity contribution in [3.8, 4) is 0 Å². The molecular formula is C12H16BrClN2O2S. The Labute approximate surface area is 127 Å². The molecule has 1 aliphatic heterocycles. The van der Waals surface area contributed by atoms with Crippen LogP contribution in [0.1, 0.15) is 19.8 Å². The summed E-state index contributed by atoms with van der Waals surface area (Å²) in [5.41, 5.74) is 0. The summed E-state index contributed by atoms with van der Waals surface area (Å²) in [6, 6.07) is 5.11. The summed E-state index contributed by atoms with van der Waals surface area (Å²) in [5.74, 6) is 0. The van der Waals surface area contributed by atoms with Gasteiger partial charge in [-0.15, -0.1) is 0 Å². The third kappa shape index (κ3) is 3.70. The van der Waals surface area contributed by atoms with Gasteiger partial charge in [-0.25, -0.2) is 13.1 Å². The van der Waals surface area contributed by atoms with E-state index in [1.165, 1.54) is 0 Å². The Balaban J connectivity index is 2.20. The molecule has 0 saturated carbocycles. The van der Waals surface area contributed by atoms with Crippen molar-refractivity contribution in [1.82, 2.24) is 10.0 Å². The Kier molecular flexibility index (Phi) is 4.89. The number of rotatable bonds is 3. The van der Waals surface area contributed by atoms with Gasteiger partial charge in [0.15, 0.2) is 0 Å². The fourth-order valence-corrected chi connectivity index (χ4v) is 4.73. The number of piperidine rings is 1. The molecule has 2 N–H and O–H groups in total. The average Bonchev–Trinajstić information content (AvgIpc) is 2.32. The van der Waals surface area contributed by atoms with Crippen LogP contribution in [0.2, 0.25) is 5.02 Å². The van der Waals surface area contributed by atoms with Gasteiger partial charge in [-0.05, 0) is 54.4 Å². The summed E-state index contributed by atoms with van der Waals surface area (Å²) < 4.78 is 27.9. The monoisotopic (exact) mass is 366 g/mol. The predicted octanol–water partition coefficient (Wildman–Crippen LogP) is 2.52.